The van der Waals surface area contributed by atoms with Crippen molar-refractivity contribution < 1.29 is 14.6 Å². The van der Waals surface area contributed by atoms with Crippen LogP contribution in [0, 0.1) is 0 Å². The maximum absolute atomic E-state index is 9.14. The van der Waals surface area contributed by atoms with Crippen LogP contribution in [-0.2, 0) is 6.54 Å². The molecule has 4 rings (SSSR count). The van der Waals surface area contributed by atoms with Gasteiger partial charge >= 0.3 is 0 Å². The summed E-state index contributed by atoms with van der Waals surface area (Å²) in [4.78, 5) is 3.87. The number of aliphatic hydroxyl groups is 1. The highest BCUT2D eigenvalue weighted by molar-refractivity contribution is 9.10. The zero-order valence-corrected chi connectivity index (χ0v) is 16.9. The molecule has 1 aromatic carbocycles. The van der Waals surface area contributed by atoms with Crippen LogP contribution in [0.1, 0.15) is 35.7 Å². The summed E-state index contributed by atoms with van der Waals surface area (Å²) < 4.78 is 12.1. The number of nitrogens with zero attached hydrogens (tertiary/aromatic N) is 1. The summed E-state index contributed by atoms with van der Waals surface area (Å²) in [6.45, 7) is 2.42. The van der Waals surface area contributed by atoms with E-state index in [1.54, 1.807) is 11.3 Å². The van der Waals surface area contributed by atoms with Gasteiger partial charge in [0.2, 0.25) is 6.79 Å². The van der Waals surface area contributed by atoms with E-state index in [1.165, 1.54) is 16.0 Å². The van der Waals surface area contributed by atoms with E-state index in [9.17, 15) is 0 Å². The summed E-state index contributed by atoms with van der Waals surface area (Å²) in [5.41, 5.74) is 2.67. The standard InChI is InChI=1S/C20H22BrNO3S/c21-16-11-19-18(24-13-25-19)10-15(16)12-22-6-5-14(3-1-7-23)9-17(22)20-4-2-8-26-20/h2,4,8-11,17,23H,1,3,5-7,12-13H2. The van der Waals surface area contributed by atoms with Crippen LogP contribution in [0.4, 0.5) is 0 Å². The number of aliphatic hydroxyl groups excluding tert-OH is 1. The first kappa shape index (κ1) is 18.0. The highest BCUT2D eigenvalue weighted by Crippen LogP contribution is 2.39. The number of halogens is 1. The quantitative estimate of drug-likeness (QED) is 0.656. The molecule has 0 fully saturated rings. The molecule has 1 aromatic heterocycles. The molecule has 138 valence electrons. The molecule has 0 saturated carbocycles. The third-order valence-electron chi connectivity index (χ3n) is 4.91. The van der Waals surface area contributed by atoms with Crippen molar-refractivity contribution in [1.82, 2.24) is 4.90 Å². The van der Waals surface area contributed by atoms with Crippen LogP contribution >= 0.6 is 27.3 Å². The van der Waals surface area contributed by atoms with Gasteiger partial charge in [0.05, 0.1) is 6.04 Å². The molecule has 2 aliphatic rings. The Kier molecular flexibility index (Phi) is 5.64. The number of hydrogen-bond acceptors (Lipinski definition) is 5. The van der Waals surface area contributed by atoms with E-state index >= 15 is 0 Å². The van der Waals surface area contributed by atoms with Gasteiger partial charge in [-0.2, -0.15) is 0 Å². The molecule has 26 heavy (non-hydrogen) atoms. The lowest BCUT2D eigenvalue weighted by Gasteiger charge is -2.34. The fourth-order valence-electron chi connectivity index (χ4n) is 3.55. The van der Waals surface area contributed by atoms with E-state index in [4.69, 9.17) is 14.6 Å². The maximum Gasteiger partial charge on any atom is 0.231 e. The van der Waals surface area contributed by atoms with Crippen LogP contribution < -0.4 is 9.47 Å². The largest absolute Gasteiger partial charge is 0.454 e. The third-order valence-corrected chi connectivity index (χ3v) is 6.59. The fraction of sp³-hybridized carbons (Fsp3) is 0.400. The molecule has 0 aliphatic carbocycles. The van der Waals surface area contributed by atoms with Crippen LogP contribution in [0.25, 0.3) is 0 Å². The van der Waals surface area contributed by atoms with E-state index in [-0.39, 0.29) is 12.6 Å². The van der Waals surface area contributed by atoms with Crippen LogP contribution in [0.3, 0.4) is 0 Å². The SMILES string of the molecule is OCCCC1=CC(c2cccs2)N(Cc2cc3c(cc2Br)OCO3)CC1. The molecule has 0 bridgehead atoms. The van der Waals surface area contributed by atoms with E-state index in [0.29, 0.717) is 6.79 Å². The summed E-state index contributed by atoms with van der Waals surface area (Å²) in [5.74, 6) is 1.63. The van der Waals surface area contributed by atoms with Crippen molar-refractivity contribution in [2.45, 2.75) is 31.8 Å². The number of hydrogen-bond donors (Lipinski definition) is 1. The van der Waals surface area contributed by atoms with E-state index in [2.05, 4.69) is 50.5 Å². The number of fused-ring (bicyclic) bond motifs is 1. The molecule has 0 saturated heterocycles. The summed E-state index contributed by atoms with van der Waals surface area (Å²) in [5, 5.41) is 11.3. The molecule has 2 aliphatic heterocycles. The van der Waals surface area contributed by atoms with Crippen molar-refractivity contribution in [2.24, 2.45) is 0 Å². The lowest BCUT2D eigenvalue weighted by molar-refractivity contribution is 0.173. The van der Waals surface area contributed by atoms with Crippen LogP contribution in [0.15, 0.2) is 45.8 Å². The number of thiophene rings is 1. The third kappa shape index (κ3) is 3.83. The summed E-state index contributed by atoms with van der Waals surface area (Å²) in [6, 6.07) is 8.70. The minimum atomic E-state index is 0.259. The van der Waals surface area contributed by atoms with Crippen molar-refractivity contribution in [3.63, 3.8) is 0 Å². The van der Waals surface area contributed by atoms with Crippen molar-refractivity contribution >= 4 is 27.3 Å². The van der Waals surface area contributed by atoms with Gasteiger partial charge in [-0.3, -0.25) is 4.90 Å². The molecular weight excluding hydrogens is 414 g/mol. The Hall–Kier alpha value is -1.34. The first-order valence-corrected chi connectivity index (χ1v) is 10.6. The van der Waals surface area contributed by atoms with Gasteiger partial charge in [-0.1, -0.05) is 33.6 Å². The molecule has 0 amide bonds. The average molecular weight is 436 g/mol. The zero-order chi connectivity index (χ0) is 17.9. The predicted molar refractivity (Wildman–Crippen MR) is 107 cm³/mol. The van der Waals surface area contributed by atoms with E-state index in [0.717, 1.165) is 48.3 Å². The van der Waals surface area contributed by atoms with Gasteiger partial charge in [0.15, 0.2) is 11.5 Å². The Morgan fingerprint density at radius 3 is 2.88 bits per heavy atom. The van der Waals surface area contributed by atoms with Gasteiger partial charge in [-0.05, 0) is 48.4 Å². The summed E-state index contributed by atoms with van der Waals surface area (Å²) in [7, 11) is 0. The Balaban J connectivity index is 1.58. The molecule has 1 unspecified atom stereocenters. The number of benzene rings is 1. The summed E-state index contributed by atoms with van der Waals surface area (Å²) >= 11 is 5.49. The molecule has 2 aromatic rings. The average Bonchev–Trinajstić information content (AvgIpc) is 3.32. The minimum absolute atomic E-state index is 0.259. The molecule has 6 heteroatoms. The van der Waals surface area contributed by atoms with Gasteiger partial charge in [0.25, 0.3) is 0 Å². The highest BCUT2D eigenvalue weighted by Gasteiger charge is 2.26. The lowest BCUT2D eigenvalue weighted by Crippen LogP contribution is -2.31. The Labute approximate surface area is 166 Å². The van der Waals surface area contributed by atoms with Crippen LogP contribution in [-0.4, -0.2) is 30.0 Å². The van der Waals surface area contributed by atoms with Crippen molar-refractivity contribution in [3.8, 4) is 11.5 Å². The predicted octanol–water partition coefficient (Wildman–Crippen LogP) is 4.89. The second kappa shape index (κ2) is 8.13. The van der Waals surface area contributed by atoms with Gasteiger partial charge in [-0.15, -0.1) is 11.3 Å². The Bertz CT molecular complexity index is 791. The topological polar surface area (TPSA) is 41.9 Å². The van der Waals surface area contributed by atoms with Gasteiger partial charge in [0.1, 0.15) is 0 Å². The van der Waals surface area contributed by atoms with Crippen molar-refractivity contribution in [2.75, 3.05) is 19.9 Å². The molecule has 1 N–H and O–H groups in total. The second-order valence-electron chi connectivity index (χ2n) is 6.63. The van der Waals surface area contributed by atoms with Crippen LogP contribution in [0.5, 0.6) is 11.5 Å². The summed E-state index contributed by atoms with van der Waals surface area (Å²) in [6.07, 6.45) is 5.28. The molecule has 0 spiro atoms. The van der Waals surface area contributed by atoms with Gasteiger partial charge < -0.3 is 14.6 Å². The molecule has 4 nitrogen and oxygen atoms in total. The Morgan fingerprint density at radius 1 is 1.27 bits per heavy atom. The zero-order valence-electron chi connectivity index (χ0n) is 14.5. The molecule has 1 atom stereocenters. The monoisotopic (exact) mass is 435 g/mol. The minimum Gasteiger partial charge on any atom is -0.454 e. The van der Waals surface area contributed by atoms with Crippen molar-refractivity contribution in [1.29, 1.82) is 0 Å². The van der Waals surface area contributed by atoms with E-state index < -0.39 is 0 Å². The smallest absolute Gasteiger partial charge is 0.231 e. The van der Waals surface area contributed by atoms with Crippen molar-refractivity contribution in [3.05, 3.63) is 56.2 Å². The number of ether oxygens (including phenoxy) is 2. The highest BCUT2D eigenvalue weighted by atomic mass is 79.9. The maximum atomic E-state index is 9.14. The first-order valence-electron chi connectivity index (χ1n) is 8.90. The number of rotatable bonds is 6. The van der Waals surface area contributed by atoms with Crippen LogP contribution in [0.2, 0.25) is 0 Å². The Morgan fingerprint density at radius 2 is 2.12 bits per heavy atom. The molecule has 0 radical (unpaired) electrons. The molecular formula is C20H22BrNO3S. The van der Waals surface area contributed by atoms with E-state index in [1.807, 2.05) is 6.07 Å². The van der Waals surface area contributed by atoms with Gasteiger partial charge in [-0.25, -0.2) is 0 Å². The van der Waals surface area contributed by atoms with Gasteiger partial charge in [0, 0.05) is 29.0 Å². The molecule has 3 heterocycles. The fourth-order valence-corrected chi connectivity index (χ4v) is 4.83. The first-order chi connectivity index (χ1) is 12.7. The lowest BCUT2D eigenvalue weighted by atomic mass is 9.97. The second-order valence-corrected chi connectivity index (χ2v) is 8.46. The normalized spacial score (nSPS) is 19.6.